The lowest BCUT2D eigenvalue weighted by atomic mass is 10.2. The molecule has 0 amide bonds. The molecule has 126 valence electrons. The van der Waals surface area contributed by atoms with Gasteiger partial charge in [-0.1, -0.05) is 54.2 Å². The highest BCUT2D eigenvalue weighted by atomic mass is 32.2. The lowest BCUT2D eigenvalue weighted by molar-refractivity contribution is -0.274. The number of rotatable bonds is 5. The second kappa shape index (κ2) is 8.39. The van der Waals surface area contributed by atoms with Crippen molar-refractivity contribution in [2.75, 3.05) is 0 Å². The second-order valence-electron chi connectivity index (χ2n) is 4.57. The fourth-order valence-electron chi connectivity index (χ4n) is 1.67. The molecule has 0 aliphatic heterocycles. The number of thioether (sulfide) groups is 1. The van der Waals surface area contributed by atoms with E-state index in [-0.39, 0.29) is 10.9 Å². The first-order chi connectivity index (χ1) is 11.4. The van der Waals surface area contributed by atoms with Crippen LogP contribution >= 0.6 is 11.8 Å². The molecule has 0 spiro atoms. The summed E-state index contributed by atoms with van der Waals surface area (Å²) in [6, 6.07) is 15.0. The lowest BCUT2D eigenvalue weighted by Gasteiger charge is -2.09. The Morgan fingerprint density at radius 2 is 1.75 bits per heavy atom. The minimum atomic E-state index is -4.69. The Bertz CT molecular complexity index is 701. The zero-order valence-electron chi connectivity index (χ0n) is 12.4. The molecule has 4 nitrogen and oxygen atoms in total. The van der Waals surface area contributed by atoms with Crippen LogP contribution in [-0.4, -0.2) is 17.7 Å². The number of alkyl halides is 3. The topological polar surface area (TPSA) is 60.0 Å². The van der Waals surface area contributed by atoms with E-state index in [1.165, 1.54) is 36.0 Å². The average Bonchev–Trinajstić information content (AvgIpc) is 2.54. The zero-order valence-corrected chi connectivity index (χ0v) is 13.2. The van der Waals surface area contributed by atoms with E-state index < -0.39 is 6.36 Å². The zero-order chi connectivity index (χ0) is 17.4. The Kier molecular flexibility index (Phi) is 6.25. The van der Waals surface area contributed by atoms with Crippen molar-refractivity contribution in [2.45, 2.75) is 12.1 Å². The summed E-state index contributed by atoms with van der Waals surface area (Å²) in [7, 11) is 0. The van der Waals surface area contributed by atoms with Gasteiger partial charge in [0, 0.05) is 5.75 Å². The van der Waals surface area contributed by atoms with Gasteiger partial charge in [-0.3, -0.25) is 0 Å². The maximum Gasteiger partial charge on any atom is 0.573 e. The number of hydrogen-bond acceptors (Lipinski definition) is 4. The van der Waals surface area contributed by atoms with Gasteiger partial charge in [0.15, 0.2) is 5.17 Å². The van der Waals surface area contributed by atoms with Crippen molar-refractivity contribution >= 4 is 23.1 Å². The summed E-state index contributed by atoms with van der Waals surface area (Å²) < 4.78 is 40.0. The van der Waals surface area contributed by atoms with Gasteiger partial charge >= 0.3 is 6.36 Å². The quantitative estimate of drug-likeness (QED) is 0.499. The van der Waals surface area contributed by atoms with Gasteiger partial charge in [0.25, 0.3) is 0 Å². The van der Waals surface area contributed by atoms with Crippen LogP contribution in [0.5, 0.6) is 5.75 Å². The van der Waals surface area contributed by atoms with E-state index in [9.17, 15) is 13.2 Å². The smallest absolute Gasteiger partial charge is 0.406 e. The number of halogens is 3. The third-order valence-electron chi connectivity index (χ3n) is 2.71. The number of ether oxygens (including phenoxy) is 1. The standard InChI is InChI=1S/C16H14F3N3OS/c17-16(18,19)23-14-8-6-13(7-9-14)11-24-15(20)22-21-10-12-4-2-1-3-5-12/h1-10H,11H2,(H2,20,22). The predicted molar refractivity (Wildman–Crippen MR) is 90.1 cm³/mol. The molecule has 0 saturated carbocycles. The van der Waals surface area contributed by atoms with Crippen LogP contribution < -0.4 is 10.5 Å². The third-order valence-corrected chi connectivity index (χ3v) is 3.56. The first-order valence-corrected chi connectivity index (χ1v) is 7.80. The molecule has 0 aliphatic rings. The van der Waals surface area contributed by atoms with E-state index in [1.54, 1.807) is 6.21 Å². The first kappa shape index (κ1) is 17.9. The number of benzene rings is 2. The van der Waals surface area contributed by atoms with Gasteiger partial charge in [0.1, 0.15) is 5.75 Å². The molecule has 0 heterocycles. The fourth-order valence-corrected chi connectivity index (χ4v) is 2.28. The molecule has 24 heavy (non-hydrogen) atoms. The highest BCUT2D eigenvalue weighted by Gasteiger charge is 2.30. The van der Waals surface area contributed by atoms with Crippen molar-refractivity contribution in [2.24, 2.45) is 15.9 Å². The molecular formula is C16H14F3N3OS. The lowest BCUT2D eigenvalue weighted by Crippen LogP contribution is -2.17. The summed E-state index contributed by atoms with van der Waals surface area (Å²) in [5.41, 5.74) is 7.42. The van der Waals surface area contributed by atoms with Crippen molar-refractivity contribution in [3.05, 3.63) is 65.7 Å². The molecule has 8 heteroatoms. The van der Waals surface area contributed by atoms with Gasteiger partial charge in [0.2, 0.25) is 0 Å². The predicted octanol–water partition coefficient (Wildman–Crippen LogP) is 4.17. The number of nitrogens with two attached hydrogens (primary N) is 1. The van der Waals surface area contributed by atoms with Crippen molar-refractivity contribution in [3.8, 4) is 5.75 Å². The van der Waals surface area contributed by atoms with Gasteiger partial charge in [-0.05, 0) is 23.3 Å². The molecule has 0 aromatic heterocycles. The van der Waals surface area contributed by atoms with Gasteiger partial charge in [-0.25, -0.2) is 0 Å². The van der Waals surface area contributed by atoms with E-state index in [2.05, 4.69) is 14.9 Å². The summed E-state index contributed by atoms with van der Waals surface area (Å²) in [5, 5.41) is 8.00. The molecular weight excluding hydrogens is 339 g/mol. The molecule has 0 radical (unpaired) electrons. The summed E-state index contributed by atoms with van der Waals surface area (Å²) in [6.45, 7) is 0. The minimum Gasteiger partial charge on any atom is -0.406 e. The minimum absolute atomic E-state index is 0.259. The molecule has 0 unspecified atom stereocenters. The van der Waals surface area contributed by atoms with Gasteiger partial charge in [-0.2, -0.15) is 5.10 Å². The van der Waals surface area contributed by atoms with E-state index >= 15 is 0 Å². The van der Waals surface area contributed by atoms with Crippen LogP contribution in [0.1, 0.15) is 11.1 Å². The maximum atomic E-state index is 12.1. The summed E-state index contributed by atoms with van der Waals surface area (Å²) >= 11 is 1.23. The van der Waals surface area contributed by atoms with Crippen molar-refractivity contribution < 1.29 is 17.9 Å². The van der Waals surface area contributed by atoms with Gasteiger partial charge in [-0.15, -0.1) is 18.3 Å². The highest BCUT2D eigenvalue weighted by Crippen LogP contribution is 2.23. The van der Waals surface area contributed by atoms with Crippen LogP contribution in [0, 0.1) is 0 Å². The van der Waals surface area contributed by atoms with Gasteiger partial charge < -0.3 is 10.5 Å². The van der Waals surface area contributed by atoms with Gasteiger partial charge in [0.05, 0.1) is 6.21 Å². The summed E-state index contributed by atoms with van der Waals surface area (Å²) in [4.78, 5) is 0. The monoisotopic (exact) mass is 353 g/mol. The number of nitrogens with zero attached hydrogens (tertiary/aromatic N) is 2. The molecule has 0 fully saturated rings. The molecule has 0 bridgehead atoms. The SMILES string of the molecule is NC(=NN=Cc1ccccc1)SCc1ccc(OC(F)(F)F)cc1. The normalized spacial score (nSPS) is 12.5. The van der Waals surface area contributed by atoms with Crippen LogP contribution in [0.3, 0.4) is 0 Å². The molecule has 0 atom stereocenters. The third kappa shape index (κ3) is 6.74. The van der Waals surface area contributed by atoms with Crippen molar-refractivity contribution in [1.82, 2.24) is 0 Å². The fraction of sp³-hybridized carbons (Fsp3) is 0.125. The Labute approximate surface area is 141 Å². The van der Waals surface area contributed by atoms with Crippen molar-refractivity contribution in [1.29, 1.82) is 0 Å². The maximum absolute atomic E-state index is 12.1. The largest absolute Gasteiger partial charge is 0.573 e. The second-order valence-corrected chi connectivity index (χ2v) is 5.57. The molecule has 2 N–H and O–H groups in total. The van der Waals surface area contributed by atoms with Crippen LogP contribution in [0.25, 0.3) is 0 Å². The van der Waals surface area contributed by atoms with Crippen LogP contribution in [-0.2, 0) is 5.75 Å². The number of hydrogen-bond donors (Lipinski definition) is 1. The Morgan fingerprint density at radius 3 is 2.38 bits per heavy atom. The van der Waals surface area contributed by atoms with E-state index in [4.69, 9.17) is 5.73 Å². The summed E-state index contributed by atoms with van der Waals surface area (Å²) in [5.74, 6) is 0.202. The molecule has 0 aliphatic carbocycles. The Morgan fingerprint density at radius 1 is 1.08 bits per heavy atom. The molecule has 0 saturated heterocycles. The highest BCUT2D eigenvalue weighted by molar-refractivity contribution is 8.13. The van der Waals surface area contributed by atoms with E-state index in [0.29, 0.717) is 5.75 Å². The molecule has 2 rings (SSSR count). The van der Waals surface area contributed by atoms with Crippen LogP contribution in [0.2, 0.25) is 0 Å². The Hall–Kier alpha value is -2.48. The van der Waals surface area contributed by atoms with Crippen LogP contribution in [0.15, 0.2) is 64.8 Å². The Balaban J connectivity index is 1.84. The van der Waals surface area contributed by atoms with Crippen LogP contribution in [0.4, 0.5) is 13.2 Å². The molecule has 2 aromatic carbocycles. The van der Waals surface area contributed by atoms with E-state index in [1.807, 2.05) is 30.3 Å². The molecule has 2 aromatic rings. The van der Waals surface area contributed by atoms with Crippen molar-refractivity contribution in [3.63, 3.8) is 0 Å². The first-order valence-electron chi connectivity index (χ1n) is 6.81. The van der Waals surface area contributed by atoms with E-state index in [0.717, 1.165) is 11.1 Å². The average molecular weight is 353 g/mol. The summed E-state index contributed by atoms with van der Waals surface area (Å²) in [6.07, 6.45) is -3.11. The number of amidine groups is 1.